The lowest BCUT2D eigenvalue weighted by Gasteiger charge is -2.42. The Balaban J connectivity index is 1.44. The summed E-state index contributed by atoms with van der Waals surface area (Å²) in [5.41, 5.74) is 8.14. The monoisotopic (exact) mass is 474 g/mol. The molecular formula is C25H30N8O2. The summed E-state index contributed by atoms with van der Waals surface area (Å²) in [6, 6.07) is 7.91. The second-order valence-electron chi connectivity index (χ2n) is 8.66. The van der Waals surface area contributed by atoms with Gasteiger partial charge in [-0.25, -0.2) is 9.97 Å². The van der Waals surface area contributed by atoms with E-state index in [1.807, 2.05) is 38.1 Å². The molecule has 2 amide bonds. The molecule has 1 fully saturated rings. The van der Waals surface area contributed by atoms with Crippen LogP contribution >= 0.6 is 0 Å². The Morgan fingerprint density at radius 1 is 1.09 bits per heavy atom. The molecule has 0 aliphatic heterocycles. The van der Waals surface area contributed by atoms with Crippen LogP contribution in [0.5, 0.6) is 0 Å². The Morgan fingerprint density at radius 2 is 1.74 bits per heavy atom. The van der Waals surface area contributed by atoms with E-state index in [-0.39, 0.29) is 24.2 Å². The largest absolute Gasteiger partial charge is 0.368 e. The van der Waals surface area contributed by atoms with Crippen molar-refractivity contribution in [3.63, 3.8) is 0 Å². The molecule has 4 N–H and O–H groups in total. The molecule has 1 aromatic carbocycles. The van der Waals surface area contributed by atoms with Gasteiger partial charge in [-0.3, -0.25) is 19.7 Å². The number of amides is 2. The minimum absolute atomic E-state index is 0.0554. The number of carbonyl (C=O) groups excluding carboxylic acids is 2. The number of aromatic nitrogens is 4. The fraction of sp³-hybridized carbons (Fsp3) is 0.360. The van der Waals surface area contributed by atoms with E-state index in [0.29, 0.717) is 18.7 Å². The fourth-order valence-corrected chi connectivity index (χ4v) is 4.37. The van der Waals surface area contributed by atoms with Gasteiger partial charge in [-0.15, -0.1) is 0 Å². The summed E-state index contributed by atoms with van der Waals surface area (Å²) in [7, 11) is 0. The van der Waals surface area contributed by atoms with Crippen molar-refractivity contribution in [3.8, 4) is 11.1 Å². The van der Waals surface area contributed by atoms with Crippen LogP contribution in [-0.4, -0.2) is 55.4 Å². The lowest BCUT2D eigenvalue weighted by atomic mass is 9.63. The SMILES string of the molecule is CCN(CC)C(=O)Cn1cc(C(=O)NC(=N)C2(c3ccc(-c4cnc(N)nc4)cc3)CCC2)cn1. The summed E-state index contributed by atoms with van der Waals surface area (Å²) in [4.78, 5) is 35.0. The summed E-state index contributed by atoms with van der Waals surface area (Å²) >= 11 is 0. The molecule has 0 radical (unpaired) electrons. The number of nitrogens with two attached hydrogens (primary N) is 1. The van der Waals surface area contributed by atoms with Gasteiger partial charge in [-0.05, 0) is 37.8 Å². The van der Waals surface area contributed by atoms with Gasteiger partial charge in [0.25, 0.3) is 5.91 Å². The van der Waals surface area contributed by atoms with Crippen molar-refractivity contribution in [2.45, 2.75) is 45.1 Å². The number of nitrogen functional groups attached to an aromatic ring is 1. The fourth-order valence-electron chi connectivity index (χ4n) is 4.37. The van der Waals surface area contributed by atoms with E-state index in [1.165, 1.54) is 10.9 Å². The van der Waals surface area contributed by atoms with Crippen molar-refractivity contribution >= 4 is 23.6 Å². The minimum atomic E-state index is -0.527. The first-order chi connectivity index (χ1) is 16.9. The molecule has 0 unspecified atom stereocenters. The van der Waals surface area contributed by atoms with Crippen LogP contribution in [0.4, 0.5) is 5.95 Å². The minimum Gasteiger partial charge on any atom is -0.368 e. The molecule has 1 aliphatic rings. The van der Waals surface area contributed by atoms with Crippen LogP contribution in [0.15, 0.2) is 49.1 Å². The Bertz CT molecular complexity index is 1210. The van der Waals surface area contributed by atoms with Gasteiger partial charge in [-0.1, -0.05) is 30.7 Å². The topological polar surface area (TPSA) is 143 Å². The van der Waals surface area contributed by atoms with Gasteiger partial charge in [0.05, 0.1) is 17.2 Å². The van der Waals surface area contributed by atoms with Gasteiger partial charge in [0, 0.05) is 37.2 Å². The van der Waals surface area contributed by atoms with Gasteiger partial charge < -0.3 is 16.0 Å². The van der Waals surface area contributed by atoms with Crippen LogP contribution in [0, 0.1) is 5.41 Å². The first kappa shape index (κ1) is 24.1. The quantitative estimate of drug-likeness (QED) is 0.338. The van der Waals surface area contributed by atoms with Gasteiger partial charge in [0.1, 0.15) is 12.4 Å². The molecule has 2 heterocycles. The molecule has 0 atom stereocenters. The number of hydrogen-bond acceptors (Lipinski definition) is 7. The number of hydrogen-bond donors (Lipinski definition) is 3. The number of amidine groups is 1. The van der Waals surface area contributed by atoms with Crippen molar-refractivity contribution in [2.75, 3.05) is 18.8 Å². The Kier molecular flexibility index (Phi) is 6.90. The lowest BCUT2D eigenvalue weighted by molar-refractivity contribution is -0.131. The van der Waals surface area contributed by atoms with Crippen LogP contribution < -0.4 is 11.1 Å². The predicted molar refractivity (Wildman–Crippen MR) is 133 cm³/mol. The number of nitrogens with zero attached hydrogens (tertiary/aromatic N) is 5. The average Bonchev–Trinajstić information content (AvgIpc) is 3.29. The van der Waals surface area contributed by atoms with Crippen molar-refractivity contribution in [2.24, 2.45) is 0 Å². The average molecular weight is 475 g/mol. The number of nitrogens with one attached hydrogen (secondary N) is 2. The van der Waals surface area contributed by atoms with Crippen LogP contribution in [0.3, 0.4) is 0 Å². The summed E-state index contributed by atoms with van der Waals surface area (Å²) < 4.78 is 1.46. The molecule has 0 saturated heterocycles. The molecule has 3 aromatic rings. The highest BCUT2D eigenvalue weighted by Gasteiger charge is 2.43. The number of anilines is 1. The standard InChI is InChI=1S/C25H30N8O2/c1-3-32(4-2)21(34)16-33-15-19(14-30-33)22(35)31-23(26)25(10-5-11-25)20-8-6-17(7-9-20)18-12-28-24(27)29-13-18/h6-9,12-15H,3-5,10-11,16H2,1-2H3,(H2,26,31,35)(H2,27,28,29). The highest BCUT2D eigenvalue weighted by Crippen LogP contribution is 2.44. The number of likely N-dealkylation sites (N-methyl/N-ethyl adjacent to an activating group) is 1. The van der Waals surface area contributed by atoms with E-state index in [2.05, 4.69) is 20.4 Å². The zero-order valence-electron chi connectivity index (χ0n) is 20.0. The van der Waals surface area contributed by atoms with Crippen molar-refractivity contribution in [3.05, 3.63) is 60.2 Å². The molecule has 10 nitrogen and oxygen atoms in total. The molecule has 35 heavy (non-hydrogen) atoms. The third kappa shape index (κ3) is 4.91. The van der Waals surface area contributed by atoms with Gasteiger partial charge in [-0.2, -0.15) is 5.10 Å². The maximum absolute atomic E-state index is 12.9. The van der Waals surface area contributed by atoms with Gasteiger partial charge >= 0.3 is 0 Å². The number of carbonyl (C=O) groups is 2. The molecule has 182 valence electrons. The van der Waals surface area contributed by atoms with Gasteiger partial charge in [0.2, 0.25) is 11.9 Å². The molecule has 1 saturated carbocycles. The van der Waals surface area contributed by atoms with Crippen LogP contribution in [0.2, 0.25) is 0 Å². The Morgan fingerprint density at radius 3 is 2.31 bits per heavy atom. The van der Waals surface area contributed by atoms with E-state index in [9.17, 15) is 9.59 Å². The highest BCUT2D eigenvalue weighted by molar-refractivity contribution is 6.09. The predicted octanol–water partition coefficient (Wildman–Crippen LogP) is 2.62. The molecule has 0 bridgehead atoms. The zero-order valence-corrected chi connectivity index (χ0v) is 20.0. The van der Waals surface area contributed by atoms with Gasteiger partial charge in [0.15, 0.2) is 0 Å². The highest BCUT2D eigenvalue weighted by atomic mass is 16.2. The molecule has 0 spiro atoms. The molecule has 1 aliphatic carbocycles. The third-order valence-corrected chi connectivity index (χ3v) is 6.68. The Labute approximate surface area is 204 Å². The van der Waals surface area contributed by atoms with Crippen molar-refractivity contribution < 1.29 is 9.59 Å². The summed E-state index contributed by atoms with van der Waals surface area (Å²) in [6.07, 6.45) is 8.87. The maximum Gasteiger partial charge on any atom is 0.259 e. The van der Waals surface area contributed by atoms with Crippen LogP contribution in [-0.2, 0) is 16.8 Å². The first-order valence-electron chi connectivity index (χ1n) is 11.8. The maximum atomic E-state index is 12.9. The molecule has 10 heteroatoms. The second-order valence-corrected chi connectivity index (χ2v) is 8.66. The molecule has 2 aromatic heterocycles. The number of benzene rings is 1. The molecular weight excluding hydrogens is 444 g/mol. The lowest BCUT2D eigenvalue weighted by Crippen LogP contribution is -2.50. The summed E-state index contributed by atoms with van der Waals surface area (Å²) in [5, 5.41) is 15.6. The normalized spacial score (nSPS) is 14.1. The second kappa shape index (κ2) is 10.0. The van der Waals surface area contributed by atoms with Crippen molar-refractivity contribution in [1.29, 1.82) is 5.41 Å². The van der Waals surface area contributed by atoms with E-state index in [0.717, 1.165) is 36.0 Å². The van der Waals surface area contributed by atoms with Crippen LogP contribution in [0.1, 0.15) is 49.0 Å². The first-order valence-corrected chi connectivity index (χ1v) is 11.8. The molecule has 4 rings (SSSR count). The Hall–Kier alpha value is -4.08. The summed E-state index contributed by atoms with van der Waals surface area (Å²) in [6.45, 7) is 5.16. The number of rotatable bonds is 8. The van der Waals surface area contributed by atoms with E-state index >= 15 is 0 Å². The van der Waals surface area contributed by atoms with E-state index in [1.54, 1.807) is 23.5 Å². The summed E-state index contributed by atoms with van der Waals surface area (Å²) in [5.74, 6) is -0.0630. The smallest absolute Gasteiger partial charge is 0.259 e. The van der Waals surface area contributed by atoms with E-state index < -0.39 is 11.3 Å². The zero-order chi connectivity index (χ0) is 25.0. The van der Waals surface area contributed by atoms with Crippen molar-refractivity contribution in [1.82, 2.24) is 30.0 Å². The van der Waals surface area contributed by atoms with Crippen LogP contribution in [0.25, 0.3) is 11.1 Å². The third-order valence-electron chi connectivity index (χ3n) is 6.68. The van der Waals surface area contributed by atoms with E-state index in [4.69, 9.17) is 11.1 Å².